The van der Waals surface area contributed by atoms with Gasteiger partial charge in [0.15, 0.2) is 0 Å². The molecular weight excluding hydrogens is 552 g/mol. The summed E-state index contributed by atoms with van der Waals surface area (Å²) in [6.45, 7) is 7.71. The van der Waals surface area contributed by atoms with E-state index in [9.17, 15) is 28.8 Å². The van der Waals surface area contributed by atoms with Crippen LogP contribution in [0.2, 0.25) is 0 Å². The number of nitrogens with zero attached hydrogens (tertiary/aromatic N) is 4. The summed E-state index contributed by atoms with van der Waals surface area (Å²) in [7, 11) is 0. The summed E-state index contributed by atoms with van der Waals surface area (Å²) in [5, 5.41) is 0. The fourth-order valence-electron chi connectivity index (χ4n) is 4.25. The van der Waals surface area contributed by atoms with Crippen molar-refractivity contribution in [3.05, 3.63) is 95.5 Å². The number of hydrogen-bond donors (Lipinski definition) is 0. The van der Waals surface area contributed by atoms with Crippen LogP contribution in [0.3, 0.4) is 0 Å². The number of imide groups is 4. The van der Waals surface area contributed by atoms with Crippen molar-refractivity contribution in [3.63, 3.8) is 0 Å². The molecule has 1 aromatic carbocycles. The van der Waals surface area contributed by atoms with Crippen molar-refractivity contribution in [3.8, 4) is 0 Å². The molecular formula is C32H34N4O7. The second-order valence-corrected chi connectivity index (χ2v) is 9.07. The van der Waals surface area contributed by atoms with Gasteiger partial charge in [0.2, 0.25) is 0 Å². The van der Waals surface area contributed by atoms with Gasteiger partial charge < -0.3 is 4.42 Å². The second kappa shape index (κ2) is 15.1. The van der Waals surface area contributed by atoms with Gasteiger partial charge in [0.25, 0.3) is 23.6 Å². The number of carbonyl (C=O) groups is 6. The van der Waals surface area contributed by atoms with E-state index in [4.69, 9.17) is 4.42 Å². The standard InChI is InChI=1S/C17H18N2O3.C15H16N2O4/c1-3-18-15(20)14(16(21)19(4-2)17(18)22)12-8-11-13-9-6-5-7-10-13;1-3-16-13(18)12(14(19)17(4-2)15(16)20)9-5-7-11-8-6-10-21-11/h5-12H,3-4H2,1-2H3;5-10H,3-4H2,1-2H3/b11-8+;7-5+. The molecule has 1 aromatic heterocycles. The molecule has 0 bridgehead atoms. The molecule has 0 radical (unpaired) electrons. The number of likely N-dealkylation sites (N-methyl/N-ethyl adjacent to an activating group) is 4. The molecule has 0 saturated carbocycles. The first kappa shape index (κ1) is 32.2. The maximum atomic E-state index is 12.2. The minimum absolute atomic E-state index is 0.00970. The van der Waals surface area contributed by atoms with Crippen molar-refractivity contribution in [2.24, 2.45) is 0 Å². The molecule has 11 nitrogen and oxygen atoms in total. The molecule has 11 heteroatoms. The van der Waals surface area contributed by atoms with E-state index in [1.54, 1.807) is 64.1 Å². The maximum absolute atomic E-state index is 12.2. The summed E-state index contributed by atoms with van der Waals surface area (Å²) in [6.07, 6.45) is 11.0. The third-order valence-corrected chi connectivity index (χ3v) is 6.51. The third kappa shape index (κ3) is 7.31. The van der Waals surface area contributed by atoms with Crippen molar-refractivity contribution in [1.29, 1.82) is 0 Å². The number of furan rings is 1. The number of barbiturate groups is 2. The Kier molecular flexibility index (Phi) is 11.3. The summed E-state index contributed by atoms with van der Waals surface area (Å²) in [5.74, 6) is -1.61. The Balaban J connectivity index is 0.000000236. The average molecular weight is 587 g/mol. The van der Waals surface area contributed by atoms with Gasteiger partial charge in [0, 0.05) is 26.2 Å². The summed E-state index contributed by atoms with van der Waals surface area (Å²) in [6, 6.07) is 11.9. The first-order valence-corrected chi connectivity index (χ1v) is 13.9. The third-order valence-electron chi connectivity index (χ3n) is 6.51. The number of rotatable bonds is 8. The molecule has 43 heavy (non-hydrogen) atoms. The highest BCUT2D eigenvalue weighted by atomic mass is 16.3. The van der Waals surface area contributed by atoms with Gasteiger partial charge in [-0.1, -0.05) is 48.6 Å². The van der Waals surface area contributed by atoms with Gasteiger partial charge in [-0.15, -0.1) is 0 Å². The Morgan fingerprint density at radius 2 is 0.977 bits per heavy atom. The normalized spacial score (nSPS) is 16.1. The predicted octanol–water partition coefficient (Wildman–Crippen LogP) is 4.51. The molecule has 2 fully saturated rings. The van der Waals surface area contributed by atoms with Crippen LogP contribution in [0, 0.1) is 0 Å². The number of urea groups is 2. The molecule has 8 amide bonds. The van der Waals surface area contributed by atoms with Crippen molar-refractivity contribution >= 4 is 47.8 Å². The van der Waals surface area contributed by atoms with Gasteiger partial charge in [-0.05, 0) is 63.6 Å². The number of amides is 8. The minimum Gasteiger partial charge on any atom is -0.465 e. The molecule has 2 aliphatic rings. The Morgan fingerprint density at radius 1 is 0.558 bits per heavy atom. The zero-order valence-corrected chi connectivity index (χ0v) is 24.6. The maximum Gasteiger partial charge on any atom is 0.333 e. The Bertz CT molecular complexity index is 1430. The van der Waals surface area contributed by atoms with Crippen LogP contribution < -0.4 is 0 Å². The molecule has 2 saturated heterocycles. The van der Waals surface area contributed by atoms with E-state index in [2.05, 4.69) is 0 Å². The molecule has 0 unspecified atom stereocenters. The fourth-order valence-corrected chi connectivity index (χ4v) is 4.25. The van der Waals surface area contributed by atoms with Crippen molar-refractivity contribution < 1.29 is 33.2 Å². The summed E-state index contributed by atoms with van der Waals surface area (Å²) in [5.41, 5.74) is 0.947. The Labute approximate surface area is 250 Å². The van der Waals surface area contributed by atoms with Crippen LogP contribution in [0.15, 0.2) is 88.6 Å². The summed E-state index contributed by atoms with van der Waals surface area (Å²) in [4.78, 5) is 77.0. The molecule has 0 N–H and O–H groups in total. The lowest BCUT2D eigenvalue weighted by molar-refractivity contribution is -0.137. The number of benzene rings is 1. The highest BCUT2D eigenvalue weighted by molar-refractivity contribution is 6.29. The van der Waals surface area contributed by atoms with Crippen LogP contribution in [0.25, 0.3) is 12.2 Å². The van der Waals surface area contributed by atoms with Gasteiger partial charge in [0.05, 0.1) is 6.26 Å². The lowest BCUT2D eigenvalue weighted by atomic mass is 10.1. The molecule has 0 spiro atoms. The monoisotopic (exact) mass is 586 g/mol. The molecule has 0 atom stereocenters. The smallest absolute Gasteiger partial charge is 0.333 e. The lowest BCUT2D eigenvalue weighted by Crippen LogP contribution is -2.56. The van der Waals surface area contributed by atoms with E-state index in [0.29, 0.717) is 5.76 Å². The zero-order valence-electron chi connectivity index (χ0n) is 24.6. The van der Waals surface area contributed by atoms with Crippen molar-refractivity contribution in [1.82, 2.24) is 19.6 Å². The lowest BCUT2D eigenvalue weighted by Gasteiger charge is -2.32. The highest BCUT2D eigenvalue weighted by Crippen LogP contribution is 2.19. The van der Waals surface area contributed by atoms with Crippen LogP contribution in [0.5, 0.6) is 0 Å². The number of allylic oxidation sites excluding steroid dienone is 4. The van der Waals surface area contributed by atoms with Crippen LogP contribution in [0.1, 0.15) is 39.0 Å². The van der Waals surface area contributed by atoms with Gasteiger partial charge in [-0.2, -0.15) is 0 Å². The van der Waals surface area contributed by atoms with Crippen LogP contribution in [-0.2, 0) is 19.2 Å². The summed E-state index contributed by atoms with van der Waals surface area (Å²) >= 11 is 0. The molecule has 0 aliphatic carbocycles. The Morgan fingerprint density at radius 3 is 1.35 bits per heavy atom. The van der Waals surface area contributed by atoms with E-state index in [-0.39, 0.29) is 37.3 Å². The SMILES string of the molecule is CCN1C(=O)C(=C/C=C/c2ccccc2)C(=O)N(CC)C1=O.CCN1C(=O)C(=C/C=C/c2ccco2)C(=O)N(CC)C1=O. The van der Waals surface area contributed by atoms with E-state index < -0.39 is 35.7 Å². The van der Waals surface area contributed by atoms with Crippen LogP contribution in [-0.4, -0.2) is 81.5 Å². The predicted molar refractivity (Wildman–Crippen MR) is 160 cm³/mol. The van der Waals surface area contributed by atoms with Crippen molar-refractivity contribution in [2.75, 3.05) is 26.2 Å². The van der Waals surface area contributed by atoms with E-state index in [1.165, 1.54) is 18.4 Å². The van der Waals surface area contributed by atoms with Gasteiger partial charge >= 0.3 is 12.1 Å². The highest BCUT2D eigenvalue weighted by Gasteiger charge is 2.41. The first-order chi connectivity index (χ1) is 20.7. The second-order valence-electron chi connectivity index (χ2n) is 9.07. The fraction of sp³-hybridized carbons (Fsp3) is 0.250. The topological polar surface area (TPSA) is 129 Å². The molecule has 4 rings (SSSR count). The first-order valence-electron chi connectivity index (χ1n) is 13.9. The van der Waals surface area contributed by atoms with Crippen LogP contribution >= 0.6 is 0 Å². The molecule has 2 aromatic rings. The van der Waals surface area contributed by atoms with Crippen molar-refractivity contribution in [2.45, 2.75) is 27.7 Å². The van der Waals surface area contributed by atoms with E-state index in [0.717, 1.165) is 25.2 Å². The van der Waals surface area contributed by atoms with E-state index >= 15 is 0 Å². The van der Waals surface area contributed by atoms with Gasteiger partial charge in [-0.3, -0.25) is 38.8 Å². The summed E-state index contributed by atoms with van der Waals surface area (Å²) < 4.78 is 5.12. The quantitative estimate of drug-likeness (QED) is 0.329. The zero-order chi connectivity index (χ0) is 31.5. The van der Waals surface area contributed by atoms with E-state index in [1.807, 2.05) is 30.3 Å². The molecule has 224 valence electrons. The van der Waals surface area contributed by atoms with Gasteiger partial charge in [-0.25, -0.2) is 9.59 Å². The Hall–Kier alpha value is -5.32. The van der Waals surface area contributed by atoms with Crippen LogP contribution in [0.4, 0.5) is 9.59 Å². The largest absolute Gasteiger partial charge is 0.465 e. The van der Waals surface area contributed by atoms with Gasteiger partial charge in [0.1, 0.15) is 16.9 Å². The molecule has 2 aliphatic heterocycles. The number of carbonyl (C=O) groups excluding carboxylic acids is 6. The average Bonchev–Trinajstić information content (AvgIpc) is 3.52. The number of hydrogen-bond acceptors (Lipinski definition) is 7. The minimum atomic E-state index is -0.568. The molecule has 3 heterocycles.